The summed E-state index contributed by atoms with van der Waals surface area (Å²) in [6, 6.07) is 21.4. The van der Waals surface area contributed by atoms with E-state index < -0.39 is 0 Å². The highest BCUT2D eigenvalue weighted by molar-refractivity contribution is 5.38. The summed E-state index contributed by atoms with van der Waals surface area (Å²) in [6.45, 7) is 0. The Hall–Kier alpha value is -2.94. The first-order chi connectivity index (χ1) is 11.8. The fourth-order valence-corrected chi connectivity index (χ4v) is 2.00. The van der Waals surface area contributed by atoms with Crippen LogP contribution < -0.4 is 53.1 Å². The number of nitrogens with zero attached hydrogens (tertiary/aromatic N) is 4. The van der Waals surface area contributed by atoms with Crippen LogP contribution in [0.3, 0.4) is 0 Å². The number of para-hydroxylation sites is 2. The number of pyridine rings is 2. The summed E-state index contributed by atoms with van der Waals surface area (Å²) < 4.78 is 2.70. The van der Waals surface area contributed by atoms with Gasteiger partial charge in [-0.1, -0.05) is 12.1 Å². The molecule has 0 spiro atoms. The fourth-order valence-electron chi connectivity index (χ4n) is 2.00. The lowest BCUT2D eigenvalue weighted by molar-refractivity contribution is -0.885. The van der Waals surface area contributed by atoms with Gasteiger partial charge in [0, 0.05) is 33.7 Å². The van der Waals surface area contributed by atoms with Gasteiger partial charge in [-0.15, -0.1) is 0 Å². The van der Waals surface area contributed by atoms with Gasteiger partial charge in [0.1, 0.15) is 0 Å². The molecule has 0 radical (unpaired) electrons. The third kappa shape index (κ3) is 4.79. The van der Waals surface area contributed by atoms with Crippen molar-refractivity contribution < 1.29 is 53.1 Å². The van der Waals surface area contributed by atoms with E-state index in [1.807, 2.05) is 0 Å². The Morgan fingerprint density at radius 2 is 1.00 bits per heavy atom. The molecule has 0 atom stereocenters. The third-order valence-electron chi connectivity index (χ3n) is 3.12. The van der Waals surface area contributed by atoms with Crippen molar-refractivity contribution in [3.05, 3.63) is 84.4 Å². The van der Waals surface area contributed by atoms with Crippen molar-refractivity contribution in [1.29, 1.82) is 10.5 Å². The molecule has 0 aliphatic rings. The average molecular weight is 476 g/mol. The zero-order chi connectivity index (χ0) is 16.8. The monoisotopic (exact) mass is 474 g/mol. The van der Waals surface area contributed by atoms with Gasteiger partial charge in [-0.2, -0.15) is 10.5 Å². The molecule has 130 valence electrons. The minimum Gasteiger partial charge on any atom is -1.00 e. The van der Waals surface area contributed by atoms with Gasteiger partial charge < -0.3 is 34.0 Å². The molecule has 2 heterocycles. The highest BCUT2D eigenvalue weighted by Gasteiger charge is 2.20. The molecule has 3 aromatic rings. The standard InChI is InChI=1S/C18H12N4O2.2BrH/c19-13-15-7-3-5-11-21(15)23-17-9-1-2-10-18(17)24-22-12-6-4-8-16(22)14-20;;/h1-12H;2*1H/q+2;;/p-2. The van der Waals surface area contributed by atoms with E-state index in [0.29, 0.717) is 22.9 Å². The number of hydrogen-bond donors (Lipinski definition) is 0. The maximum absolute atomic E-state index is 9.15. The predicted molar refractivity (Wildman–Crippen MR) is 81.2 cm³/mol. The van der Waals surface area contributed by atoms with Gasteiger partial charge in [-0.3, -0.25) is 0 Å². The van der Waals surface area contributed by atoms with Crippen LogP contribution in [0, 0.1) is 22.7 Å². The van der Waals surface area contributed by atoms with Crippen LogP contribution in [-0.4, -0.2) is 0 Å². The summed E-state index contributed by atoms with van der Waals surface area (Å²) in [4.78, 5) is 11.5. The first-order valence-corrected chi connectivity index (χ1v) is 7.09. The summed E-state index contributed by atoms with van der Waals surface area (Å²) in [5.41, 5.74) is 0.690. The second-order valence-corrected chi connectivity index (χ2v) is 4.68. The summed E-state index contributed by atoms with van der Waals surface area (Å²) in [6.07, 6.45) is 3.26. The molecule has 0 saturated heterocycles. The lowest BCUT2D eigenvalue weighted by Crippen LogP contribution is -3.00. The van der Waals surface area contributed by atoms with E-state index >= 15 is 0 Å². The quantitative estimate of drug-likeness (QED) is 0.358. The zero-order valence-corrected chi connectivity index (χ0v) is 16.5. The van der Waals surface area contributed by atoms with Crippen LogP contribution in [0.2, 0.25) is 0 Å². The highest BCUT2D eigenvalue weighted by Crippen LogP contribution is 2.25. The fraction of sp³-hybridized carbons (Fsp3) is 0. The molecule has 8 heteroatoms. The lowest BCUT2D eigenvalue weighted by atomic mass is 10.3. The number of halogens is 2. The molecule has 0 unspecified atom stereocenters. The molecule has 6 nitrogen and oxygen atoms in total. The van der Waals surface area contributed by atoms with Crippen molar-refractivity contribution in [2.24, 2.45) is 0 Å². The largest absolute Gasteiger partial charge is 1.00 e. The molecule has 0 bridgehead atoms. The lowest BCUT2D eigenvalue weighted by Gasteiger charge is -2.03. The second kappa shape index (κ2) is 10.1. The van der Waals surface area contributed by atoms with Gasteiger partial charge >= 0.3 is 11.4 Å². The smallest absolute Gasteiger partial charge is 0.334 e. The van der Waals surface area contributed by atoms with Crippen molar-refractivity contribution in [3.8, 4) is 23.6 Å². The van der Waals surface area contributed by atoms with Crippen LogP contribution >= 0.6 is 0 Å². The molecule has 0 aliphatic heterocycles. The minimum atomic E-state index is 0. The van der Waals surface area contributed by atoms with E-state index in [9.17, 15) is 0 Å². The van der Waals surface area contributed by atoms with Gasteiger partial charge in [-0.25, -0.2) is 9.68 Å². The molecule has 2 aromatic heterocycles. The number of aromatic nitrogens is 2. The number of hydrogen-bond acceptors (Lipinski definition) is 4. The van der Waals surface area contributed by atoms with Crippen LogP contribution in [0.25, 0.3) is 0 Å². The molecule has 0 saturated carbocycles. The van der Waals surface area contributed by atoms with E-state index in [0.717, 1.165) is 0 Å². The molecule has 0 N–H and O–H groups in total. The van der Waals surface area contributed by atoms with Gasteiger partial charge in [0.05, 0.1) is 0 Å². The zero-order valence-electron chi connectivity index (χ0n) is 13.3. The maximum Gasteiger partial charge on any atom is 0.334 e. The maximum atomic E-state index is 9.15. The Bertz CT molecular complexity index is 889. The molecule has 3 rings (SSSR count). The molecular weight excluding hydrogens is 464 g/mol. The van der Waals surface area contributed by atoms with E-state index in [2.05, 4.69) is 12.1 Å². The molecule has 1 aromatic carbocycles. The number of nitriles is 2. The Balaban J connectivity index is 0.00000169. The number of benzene rings is 1. The number of rotatable bonds is 4. The minimum absolute atomic E-state index is 0. The Morgan fingerprint density at radius 1 is 0.615 bits per heavy atom. The average Bonchev–Trinajstić information content (AvgIpc) is 2.64. The van der Waals surface area contributed by atoms with Crippen LogP contribution in [0.5, 0.6) is 11.5 Å². The van der Waals surface area contributed by atoms with Crippen molar-refractivity contribution in [2.45, 2.75) is 0 Å². The molecule has 0 amide bonds. The van der Waals surface area contributed by atoms with Gasteiger partial charge in [0.25, 0.3) is 11.5 Å². The van der Waals surface area contributed by atoms with Crippen molar-refractivity contribution in [3.63, 3.8) is 0 Å². The molecule has 0 aliphatic carbocycles. The van der Waals surface area contributed by atoms with Crippen molar-refractivity contribution in [2.75, 3.05) is 0 Å². The van der Waals surface area contributed by atoms with Crippen LogP contribution in [0.1, 0.15) is 11.4 Å². The predicted octanol–water partition coefficient (Wildman–Crippen LogP) is -4.30. The summed E-state index contributed by atoms with van der Waals surface area (Å²) in [5, 5.41) is 18.3. The Kier molecular flexibility index (Phi) is 8.23. The van der Waals surface area contributed by atoms with Crippen molar-refractivity contribution in [1.82, 2.24) is 0 Å². The third-order valence-corrected chi connectivity index (χ3v) is 3.12. The van der Waals surface area contributed by atoms with Gasteiger partial charge in [0.2, 0.25) is 12.4 Å². The van der Waals surface area contributed by atoms with Crippen LogP contribution in [0.4, 0.5) is 0 Å². The molecule has 26 heavy (non-hydrogen) atoms. The molecule has 0 fully saturated rings. The van der Waals surface area contributed by atoms with E-state index in [4.69, 9.17) is 20.2 Å². The van der Waals surface area contributed by atoms with E-state index in [-0.39, 0.29) is 34.0 Å². The highest BCUT2D eigenvalue weighted by atomic mass is 79.9. The van der Waals surface area contributed by atoms with E-state index in [1.54, 1.807) is 73.1 Å². The van der Waals surface area contributed by atoms with Crippen LogP contribution in [0.15, 0.2) is 73.1 Å². The SMILES string of the molecule is N#Cc1cccc[n+]1Oc1ccccc1O[n+]1ccccc1C#N.[Br-].[Br-]. The molecular formula is C18H12Br2N4O2. The topological polar surface area (TPSA) is 73.8 Å². The summed E-state index contributed by atoms with van der Waals surface area (Å²) in [5.74, 6) is 0.816. The Labute approximate surface area is 171 Å². The second-order valence-electron chi connectivity index (χ2n) is 4.68. The van der Waals surface area contributed by atoms with Gasteiger partial charge in [0.15, 0.2) is 12.1 Å². The summed E-state index contributed by atoms with van der Waals surface area (Å²) >= 11 is 0. The van der Waals surface area contributed by atoms with Crippen LogP contribution in [-0.2, 0) is 0 Å². The summed E-state index contributed by atoms with van der Waals surface area (Å²) in [7, 11) is 0. The first kappa shape index (κ1) is 21.1. The van der Waals surface area contributed by atoms with E-state index in [1.165, 1.54) is 9.46 Å². The Morgan fingerprint density at radius 3 is 1.38 bits per heavy atom. The van der Waals surface area contributed by atoms with Crippen molar-refractivity contribution >= 4 is 0 Å². The van der Waals surface area contributed by atoms with Gasteiger partial charge in [-0.05, 0) is 24.3 Å². The normalized spacial score (nSPS) is 8.85. The first-order valence-electron chi connectivity index (χ1n) is 7.09.